The number of carbonyl (C=O) groups excluding carboxylic acids is 1. The van der Waals surface area contributed by atoms with Gasteiger partial charge in [0.25, 0.3) is 0 Å². The van der Waals surface area contributed by atoms with Gasteiger partial charge in [0, 0.05) is 18.2 Å². The monoisotopic (exact) mass is 275 g/mol. The summed E-state index contributed by atoms with van der Waals surface area (Å²) in [5.41, 5.74) is 0.910. The van der Waals surface area contributed by atoms with E-state index in [0.717, 1.165) is 24.3 Å². The fourth-order valence-electron chi connectivity index (χ4n) is 1.97. The zero-order chi connectivity index (χ0) is 14.6. The molecule has 0 aliphatic rings. The van der Waals surface area contributed by atoms with Gasteiger partial charge in [0.2, 0.25) is 5.91 Å². The van der Waals surface area contributed by atoms with Crippen molar-refractivity contribution in [2.24, 2.45) is 0 Å². The van der Waals surface area contributed by atoms with Crippen LogP contribution in [-0.4, -0.2) is 19.6 Å². The van der Waals surface area contributed by atoms with E-state index >= 15 is 0 Å². The van der Waals surface area contributed by atoms with Gasteiger partial charge >= 0.3 is 0 Å². The summed E-state index contributed by atoms with van der Waals surface area (Å²) in [4.78, 5) is 11.7. The van der Waals surface area contributed by atoms with Crippen LogP contribution in [0.15, 0.2) is 30.3 Å². The molecule has 0 aliphatic carbocycles. The molecule has 0 unspecified atom stereocenters. The molecule has 0 aromatic heterocycles. The maximum absolute atomic E-state index is 11.7. The molecule has 20 heavy (non-hydrogen) atoms. The van der Waals surface area contributed by atoms with Crippen LogP contribution in [0, 0.1) is 0 Å². The van der Waals surface area contributed by atoms with Crippen molar-refractivity contribution in [2.45, 2.75) is 39.0 Å². The average molecular weight is 275 g/mol. The molecule has 1 aromatic rings. The first kappa shape index (κ1) is 16.3. The Hall–Kier alpha value is -1.77. The van der Waals surface area contributed by atoms with Crippen LogP contribution in [-0.2, 0) is 4.79 Å². The molecule has 1 N–H and O–H groups in total. The van der Waals surface area contributed by atoms with Gasteiger partial charge in [0.05, 0.1) is 7.11 Å². The molecule has 0 atom stereocenters. The summed E-state index contributed by atoms with van der Waals surface area (Å²) in [5, 5.41) is 2.90. The topological polar surface area (TPSA) is 38.3 Å². The third kappa shape index (κ3) is 6.41. The molecule has 3 nitrogen and oxygen atoms in total. The highest BCUT2D eigenvalue weighted by Gasteiger charge is 1.99. The highest BCUT2D eigenvalue weighted by atomic mass is 16.5. The van der Waals surface area contributed by atoms with Crippen LogP contribution in [0.25, 0.3) is 6.08 Å². The smallest absolute Gasteiger partial charge is 0.244 e. The zero-order valence-corrected chi connectivity index (χ0v) is 12.5. The summed E-state index contributed by atoms with van der Waals surface area (Å²) in [6.07, 6.45) is 9.35. The van der Waals surface area contributed by atoms with E-state index in [2.05, 4.69) is 12.2 Å². The van der Waals surface area contributed by atoms with Gasteiger partial charge in [-0.2, -0.15) is 0 Å². The van der Waals surface area contributed by atoms with Crippen LogP contribution in [0.4, 0.5) is 0 Å². The van der Waals surface area contributed by atoms with E-state index in [4.69, 9.17) is 4.74 Å². The minimum atomic E-state index is -0.0496. The van der Waals surface area contributed by atoms with Crippen LogP contribution in [0.1, 0.15) is 44.6 Å². The number of ether oxygens (including phenoxy) is 1. The number of unbranched alkanes of at least 4 members (excludes halogenated alkanes) is 4. The lowest BCUT2D eigenvalue weighted by atomic mass is 10.1. The Labute approximate surface area is 122 Å². The van der Waals surface area contributed by atoms with Gasteiger partial charge in [0.1, 0.15) is 5.75 Å². The second-order valence-corrected chi connectivity index (χ2v) is 4.78. The minimum Gasteiger partial charge on any atom is -0.496 e. The second-order valence-electron chi connectivity index (χ2n) is 4.78. The van der Waals surface area contributed by atoms with E-state index in [1.54, 1.807) is 19.3 Å². The first-order valence-corrected chi connectivity index (χ1v) is 7.37. The first-order valence-electron chi connectivity index (χ1n) is 7.37. The molecule has 1 rings (SSSR count). The van der Waals surface area contributed by atoms with Crippen molar-refractivity contribution < 1.29 is 9.53 Å². The van der Waals surface area contributed by atoms with Gasteiger partial charge < -0.3 is 10.1 Å². The number of para-hydroxylation sites is 1. The maximum Gasteiger partial charge on any atom is 0.244 e. The van der Waals surface area contributed by atoms with Crippen molar-refractivity contribution in [3.8, 4) is 5.75 Å². The van der Waals surface area contributed by atoms with Crippen molar-refractivity contribution in [2.75, 3.05) is 13.7 Å². The molecule has 0 saturated heterocycles. The lowest BCUT2D eigenvalue weighted by Crippen LogP contribution is -2.21. The Kier molecular flexibility index (Phi) is 8.20. The van der Waals surface area contributed by atoms with Crippen LogP contribution >= 0.6 is 0 Å². The molecule has 0 aliphatic heterocycles. The molecule has 0 radical (unpaired) electrons. The summed E-state index contributed by atoms with van der Waals surface area (Å²) >= 11 is 0. The molecule has 0 heterocycles. The fourth-order valence-corrected chi connectivity index (χ4v) is 1.97. The van der Waals surface area contributed by atoms with Crippen molar-refractivity contribution in [3.05, 3.63) is 35.9 Å². The van der Waals surface area contributed by atoms with Gasteiger partial charge in [-0.15, -0.1) is 0 Å². The minimum absolute atomic E-state index is 0.0496. The average Bonchev–Trinajstić information content (AvgIpc) is 2.49. The van der Waals surface area contributed by atoms with Crippen molar-refractivity contribution in [1.29, 1.82) is 0 Å². The predicted octanol–water partition coefficient (Wildman–Crippen LogP) is 3.80. The van der Waals surface area contributed by atoms with Gasteiger partial charge in [-0.1, -0.05) is 50.8 Å². The molecular weight excluding hydrogens is 250 g/mol. The number of hydrogen-bond acceptors (Lipinski definition) is 2. The maximum atomic E-state index is 11.7. The van der Waals surface area contributed by atoms with Crippen molar-refractivity contribution >= 4 is 12.0 Å². The summed E-state index contributed by atoms with van der Waals surface area (Å²) in [7, 11) is 1.63. The summed E-state index contributed by atoms with van der Waals surface area (Å²) in [6, 6.07) is 7.64. The Balaban J connectivity index is 2.29. The lowest BCUT2D eigenvalue weighted by Gasteiger charge is -2.04. The molecule has 0 spiro atoms. The van der Waals surface area contributed by atoms with Crippen LogP contribution in [0.5, 0.6) is 5.75 Å². The van der Waals surface area contributed by atoms with E-state index in [9.17, 15) is 4.79 Å². The Morgan fingerprint density at radius 1 is 1.20 bits per heavy atom. The number of benzene rings is 1. The standard InChI is InChI=1S/C17H25NO2/c1-3-4-5-6-9-14-18-17(19)13-12-15-10-7-8-11-16(15)20-2/h7-8,10-13H,3-6,9,14H2,1-2H3,(H,18,19). The third-order valence-corrected chi connectivity index (χ3v) is 3.13. The van der Waals surface area contributed by atoms with Crippen molar-refractivity contribution in [1.82, 2.24) is 5.32 Å². The zero-order valence-electron chi connectivity index (χ0n) is 12.5. The molecule has 3 heteroatoms. The number of nitrogens with one attached hydrogen (secondary N) is 1. The fraction of sp³-hybridized carbons (Fsp3) is 0.471. The van der Waals surface area contributed by atoms with E-state index in [0.29, 0.717) is 0 Å². The molecule has 0 saturated carbocycles. The predicted molar refractivity (Wildman–Crippen MR) is 83.8 cm³/mol. The second kappa shape index (κ2) is 10.1. The normalized spacial score (nSPS) is 10.7. The van der Waals surface area contributed by atoms with Crippen molar-refractivity contribution in [3.63, 3.8) is 0 Å². The van der Waals surface area contributed by atoms with Crippen LogP contribution in [0.3, 0.4) is 0 Å². The Morgan fingerprint density at radius 2 is 1.95 bits per heavy atom. The number of rotatable bonds is 9. The molecule has 1 amide bonds. The number of hydrogen-bond donors (Lipinski definition) is 1. The molecule has 1 aromatic carbocycles. The molecular formula is C17H25NO2. The SMILES string of the molecule is CCCCCCCNC(=O)C=Cc1ccccc1OC. The van der Waals surface area contributed by atoms with Gasteiger partial charge in [-0.3, -0.25) is 4.79 Å². The van der Waals surface area contributed by atoms with Gasteiger partial charge in [0.15, 0.2) is 0 Å². The third-order valence-electron chi connectivity index (χ3n) is 3.13. The quantitative estimate of drug-likeness (QED) is 0.550. The van der Waals surface area contributed by atoms with Crippen LogP contribution < -0.4 is 10.1 Å². The Bertz CT molecular complexity index is 427. The van der Waals surface area contributed by atoms with E-state index in [1.165, 1.54) is 25.7 Å². The van der Waals surface area contributed by atoms with E-state index in [1.807, 2.05) is 24.3 Å². The first-order chi connectivity index (χ1) is 9.77. The van der Waals surface area contributed by atoms with Gasteiger partial charge in [-0.25, -0.2) is 0 Å². The molecule has 0 bridgehead atoms. The number of amides is 1. The summed E-state index contributed by atoms with van der Waals surface area (Å²) in [5.74, 6) is 0.725. The van der Waals surface area contributed by atoms with E-state index in [-0.39, 0.29) is 5.91 Å². The van der Waals surface area contributed by atoms with E-state index < -0.39 is 0 Å². The Morgan fingerprint density at radius 3 is 2.70 bits per heavy atom. The van der Waals surface area contributed by atoms with Crippen LogP contribution in [0.2, 0.25) is 0 Å². The highest BCUT2D eigenvalue weighted by molar-refractivity contribution is 5.92. The highest BCUT2D eigenvalue weighted by Crippen LogP contribution is 2.18. The largest absolute Gasteiger partial charge is 0.496 e. The number of carbonyl (C=O) groups is 1. The molecule has 110 valence electrons. The van der Waals surface area contributed by atoms with Gasteiger partial charge in [-0.05, 0) is 18.6 Å². The summed E-state index contributed by atoms with van der Waals surface area (Å²) in [6.45, 7) is 2.95. The molecule has 0 fully saturated rings. The lowest BCUT2D eigenvalue weighted by molar-refractivity contribution is -0.116. The summed E-state index contributed by atoms with van der Waals surface area (Å²) < 4.78 is 5.23. The number of methoxy groups -OCH3 is 1.